The van der Waals surface area contributed by atoms with Crippen molar-refractivity contribution in [3.8, 4) is 18.2 Å². The van der Waals surface area contributed by atoms with Gasteiger partial charge >= 0.3 is 0 Å². The third-order valence-corrected chi connectivity index (χ3v) is 21.0. The number of nitrogens with zero attached hydrogens (tertiary/aromatic N) is 15. The Morgan fingerprint density at radius 1 is 0.357 bits per heavy atom. The minimum Gasteiger partial charge on any atom is -0.321 e. The number of rotatable bonds is 20. The van der Waals surface area contributed by atoms with Gasteiger partial charge in [-0.2, -0.15) is 15.8 Å². The van der Waals surface area contributed by atoms with Crippen LogP contribution in [-0.2, 0) is 14.4 Å². The fraction of sp³-hybridized carbons (Fsp3) is 0.325. The van der Waals surface area contributed by atoms with Gasteiger partial charge in [0.2, 0.25) is 17.7 Å². The largest absolute Gasteiger partial charge is 0.321 e. The molecule has 0 N–H and O–H groups in total. The molecule has 11 heterocycles. The van der Waals surface area contributed by atoms with Crippen molar-refractivity contribution in [2.45, 2.75) is 131 Å². The highest BCUT2D eigenvalue weighted by atomic mass is 16.2. The van der Waals surface area contributed by atoms with Crippen molar-refractivity contribution in [1.82, 2.24) is 59.3 Å². The maximum absolute atomic E-state index is 17.3. The zero-order valence-corrected chi connectivity index (χ0v) is 54.7. The SMILES string of the molecule is N#Cc1cccc(C(C(c2cccnc2)c2cccnc2)N2CCC[C@H]2C(=O)N2CCCC2N(C(=O)[C@@H]2CCCN2C(c2cccc(C#N)c2)C(c2cccnc2)c2cccnc2)C2CCCN2C(=O)[C@@H]2CCCN2C(c2cccc(C#N)c2)C(c2cccnc2)c2cccnc2)c1. The molecule has 8 atom stereocenters. The molecule has 9 aromatic rings. The van der Waals surface area contributed by atoms with E-state index in [9.17, 15) is 15.8 Å². The lowest BCUT2D eigenvalue weighted by Crippen LogP contribution is -2.64. The van der Waals surface area contributed by atoms with Gasteiger partial charge in [0.15, 0.2) is 0 Å². The summed E-state index contributed by atoms with van der Waals surface area (Å²) in [5.74, 6) is -1.41. The van der Waals surface area contributed by atoms with Gasteiger partial charge in [0.25, 0.3) is 0 Å². The lowest BCUT2D eigenvalue weighted by Gasteiger charge is -2.47. The lowest BCUT2D eigenvalue weighted by atomic mass is 9.81. The first-order valence-electron chi connectivity index (χ1n) is 34.4. The number of carbonyl (C=O) groups is 3. The van der Waals surface area contributed by atoms with Crippen molar-refractivity contribution in [1.29, 1.82) is 15.8 Å². The van der Waals surface area contributed by atoms with Crippen LogP contribution < -0.4 is 0 Å². The van der Waals surface area contributed by atoms with Crippen LogP contribution in [0.1, 0.15) is 167 Å². The first kappa shape index (κ1) is 64.6. The highest BCUT2D eigenvalue weighted by molar-refractivity contribution is 5.88. The number of carbonyl (C=O) groups excluding carboxylic acids is 3. The van der Waals surface area contributed by atoms with Crippen LogP contribution in [-0.4, -0.2) is 140 Å². The monoisotopic (exact) mass is 1300 g/mol. The minimum atomic E-state index is -0.736. The molecular formula is C80H77N15O3. The van der Waals surface area contributed by atoms with Gasteiger partial charge in [-0.15, -0.1) is 0 Å². The predicted octanol–water partition coefficient (Wildman–Crippen LogP) is 11.8. The number of likely N-dealkylation sites (tertiary alicyclic amines) is 5. The third kappa shape index (κ3) is 13.1. The molecule has 6 aromatic heterocycles. The van der Waals surface area contributed by atoms with E-state index in [0.29, 0.717) is 101 Å². The van der Waals surface area contributed by atoms with Crippen LogP contribution >= 0.6 is 0 Å². The maximum atomic E-state index is 17.3. The second-order valence-corrected chi connectivity index (χ2v) is 26.4. The smallest absolute Gasteiger partial charge is 0.243 e. The van der Waals surface area contributed by atoms with Gasteiger partial charge < -0.3 is 14.7 Å². The van der Waals surface area contributed by atoms with Crippen molar-refractivity contribution in [2.75, 3.05) is 32.7 Å². The number of benzene rings is 3. The number of aromatic nitrogens is 6. The molecule has 98 heavy (non-hydrogen) atoms. The van der Waals surface area contributed by atoms with Gasteiger partial charge in [-0.1, -0.05) is 72.8 Å². The average molecular weight is 1300 g/mol. The summed E-state index contributed by atoms with van der Waals surface area (Å²) in [6.07, 6.45) is 26.3. The van der Waals surface area contributed by atoms with Gasteiger partial charge in [0, 0.05) is 123 Å². The molecule has 14 rings (SSSR count). The van der Waals surface area contributed by atoms with Crippen molar-refractivity contribution in [3.05, 3.63) is 287 Å². The molecule has 0 saturated carbocycles. The zero-order valence-electron chi connectivity index (χ0n) is 54.7. The Bertz CT molecular complexity index is 4060. The van der Waals surface area contributed by atoms with E-state index in [1.807, 2.05) is 143 Å². The van der Waals surface area contributed by atoms with E-state index >= 15 is 14.4 Å². The molecule has 18 heteroatoms. The van der Waals surface area contributed by atoms with Crippen LogP contribution in [0.25, 0.3) is 0 Å². The molecule has 0 radical (unpaired) electrons. The van der Waals surface area contributed by atoms with Crippen LogP contribution in [0.4, 0.5) is 0 Å². The highest BCUT2D eigenvalue weighted by Crippen LogP contribution is 2.49. The molecule has 3 aromatic carbocycles. The van der Waals surface area contributed by atoms with E-state index < -0.39 is 54.5 Å². The molecule has 5 unspecified atom stereocenters. The molecule has 0 aliphatic carbocycles. The molecule has 0 bridgehead atoms. The number of pyridine rings is 6. The molecule has 5 aliphatic rings. The van der Waals surface area contributed by atoms with E-state index in [1.54, 1.807) is 43.2 Å². The van der Waals surface area contributed by atoms with E-state index in [-0.39, 0.29) is 29.6 Å². The first-order chi connectivity index (χ1) is 48.3. The average Bonchev–Trinajstić information content (AvgIpc) is 1.49. The van der Waals surface area contributed by atoms with Crippen LogP contribution in [0.3, 0.4) is 0 Å². The fourth-order valence-corrected chi connectivity index (χ4v) is 16.9. The van der Waals surface area contributed by atoms with E-state index in [1.165, 1.54) is 0 Å². The van der Waals surface area contributed by atoms with E-state index in [0.717, 1.165) is 62.9 Å². The van der Waals surface area contributed by atoms with Crippen molar-refractivity contribution in [3.63, 3.8) is 0 Å². The molecule has 490 valence electrons. The summed E-state index contributed by atoms with van der Waals surface area (Å²) in [5.41, 5.74) is 9.74. The molecule has 5 saturated heterocycles. The summed E-state index contributed by atoms with van der Waals surface area (Å²) < 4.78 is 0. The Hall–Kier alpha value is -10.7. The van der Waals surface area contributed by atoms with Crippen LogP contribution in [0.15, 0.2) is 220 Å². The molecule has 5 aliphatic heterocycles. The van der Waals surface area contributed by atoms with E-state index in [2.05, 4.69) is 111 Å². The standard InChI is InChI=1S/C80H77N15O3/c81-46-55-15-1-18-58(43-55)75(72(61-21-4-32-84-49-61)62-22-5-33-85-50-62)90-38-10-27-67(90)78(96)93-41-13-30-70(93)95(80(98)69-29-12-40-92(69)77(60-20-3-17-57(45-60)48-83)74(65-25-8-36-88-53-65)66-26-9-37-89-54-66)71-31-14-42-94(71)79(97)68-28-11-39-91(68)76(59-19-2-16-56(44-59)47-82)73(63-23-6-34-86-51-63)64-24-7-35-87-52-64/h1-9,15-26,32-37,43-45,49-54,67-77H,10-14,27-31,38-42H2/t67-,68-,69-,70?,71?,75?,76?,77?/m0/s1. The summed E-state index contributed by atoms with van der Waals surface area (Å²) >= 11 is 0. The second kappa shape index (κ2) is 29.8. The predicted molar refractivity (Wildman–Crippen MR) is 368 cm³/mol. The lowest BCUT2D eigenvalue weighted by molar-refractivity contribution is -0.161. The summed E-state index contributed by atoms with van der Waals surface area (Å²) in [6, 6.07) is 50.9. The van der Waals surface area contributed by atoms with Gasteiger partial charge in [0.05, 0.1) is 53.0 Å². The molecular weight excluding hydrogens is 1220 g/mol. The summed E-state index contributed by atoms with van der Waals surface area (Å²) in [6.45, 7) is 2.51. The van der Waals surface area contributed by atoms with Crippen molar-refractivity contribution >= 4 is 17.7 Å². The normalized spacial score (nSPS) is 20.6. The molecule has 18 nitrogen and oxygen atoms in total. The summed E-state index contributed by atoms with van der Waals surface area (Å²) in [4.78, 5) is 91.3. The van der Waals surface area contributed by atoms with Crippen molar-refractivity contribution in [2.24, 2.45) is 0 Å². The Labute approximate surface area is 572 Å². The number of hydrogen-bond acceptors (Lipinski definition) is 15. The van der Waals surface area contributed by atoms with Crippen LogP contribution in [0, 0.1) is 34.0 Å². The Kier molecular flexibility index (Phi) is 19.6. The Morgan fingerprint density at radius 3 is 0.918 bits per heavy atom. The van der Waals surface area contributed by atoms with Crippen molar-refractivity contribution < 1.29 is 14.4 Å². The molecule has 0 spiro atoms. The quantitative estimate of drug-likeness (QED) is 0.0693. The van der Waals surface area contributed by atoms with E-state index in [4.69, 9.17) is 0 Å². The van der Waals surface area contributed by atoms with Gasteiger partial charge in [-0.05, 0) is 207 Å². The van der Waals surface area contributed by atoms with Crippen LogP contribution in [0.2, 0.25) is 0 Å². The second-order valence-electron chi connectivity index (χ2n) is 26.4. The highest BCUT2D eigenvalue weighted by Gasteiger charge is 2.53. The van der Waals surface area contributed by atoms with Gasteiger partial charge in [-0.3, -0.25) is 59.0 Å². The molecule has 5 fully saturated rings. The maximum Gasteiger partial charge on any atom is 0.243 e. The number of nitriles is 3. The fourth-order valence-electron chi connectivity index (χ4n) is 16.9. The van der Waals surface area contributed by atoms with Gasteiger partial charge in [-0.25, -0.2) is 0 Å². The third-order valence-electron chi connectivity index (χ3n) is 21.0. The minimum absolute atomic E-state index is 0.0832. The first-order valence-corrected chi connectivity index (χ1v) is 34.4. The number of hydrogen-bond donors (Lipinski definition) is 0. The van der Waals surface area contributed by atoms with Gasteiger partial charge in [0.1, 0.15) is 12.3 Å². The topological polar surface area (TPSA) is 219 Å². The van der Waals surface area contributed by atoms with Crippen LogP contribution in [0.5, 0.6) is 0 Å². The summed E-state index contributed by atoms with van der Waals surface area (Å²) in [7, 11) is 0. The molecule has 3 amide bonds. The summed E-state index contributed by atoms with van der Waals surface area (Å²) in [5, 5.41) is 31.3. The Morgan fingerprint density at radius 2 is 0.633 bits per heavy atom. The number of amides is 3. The Balaban J connectivity index is 0.883. The zero-order chi connectivity index (χ0) is 66.9.